The molecular formula is C20H21N3O3. The van der Waals surface area contributed by atoms with Gasteiger partial charge in [0, 0.05) is 43.1 Å². The van der Waals surface area contributed by atoms with Crippen LogP contribution in [0.1, 0.15) is 15.9 Å². The lowest BCUT2D eigenvalue weighted by atomic mass is 10.1. The Morgan fingerprint density at radius 2 is 1.58 bits per heavy atom. The molecule has 0 spiro atoms. The summed E-state index contributed by atoms with van der Waals surface area (Å²) in [5.74, 6) is -0.168. The minimum atomic E-state index is -0.877. The number of rotatable bonds is 4. The number of amides is 2. The first kappa shape index (κ1) is 17.5. The van der Waals surface area contributed by atoms with E-state index in [2.05, 4.69) is 16.8 Å². The molecule has 0 radical (unpaired) electrons. The molecule has 0 bridgehead atoms. The molecule has 0 saturated carbocycles. The summed E-state index contributed by atoms with van der Waals surface area (Å²) < 4.78 is 0. The number of benzene rings is 2. The smallest absolute Gasteiger partial charge is 0.407 e. The molecule has 0 aromatic heterocycles. The van der Waals surface area contributed by atoms with E-state index in [-0.39, 0.29) is 5.91 Å². The van der Waals surface area contributed by atoms with E-state index in [4.69, 9.17) is 5.11 Å². The van der Waals surface area contributed by atoms with E-state index in [1.807, 2.05) is 36.4 Å². The van der Waals surface area contributed by atoms with E-state index >= 15 is 0 Å². The first-order valence-electron chi connectivity index (χ1n) is 8.43. The highest BCUT2D eigenvalue weighted by Gasteiger charge is 2.20. The first-order valence-corrected chi connectivity index (χ1v) is 8.43. The van der Waals surface area contributed by atoms with Crippen LogP contribution in [0.25, 0.3) is 6.08 Å². The number of carbonyl (C=O) groups excluding carboxylic acids is 1. The molecule has 1 aliphatic rings. The lowest BCUT2D eigenvalue weighted by Crippen LogP contribution is -2.48. The van der Waals surface area contributed by atoms with Crippen LogP contribution in [0.2, 0.25) is 0 Å². The molecule has 2 N–H and O–H groups in total. The normalized spacial score (nSPS) is 14.0. The predicted octanol–water partition coefficient (Wildman–Crippen LogP) is 3.38. The number of piperazine rings is 1. The molecule has 134 valence electrons. The van der Waals surface area contributed by atoms with Crippen molar-refractivity contribution >= 4 is 29.5 Å². The topological polar surface area (TPSA) is 72.9 Å². The van der Waals surface area contributed by atoms with Gasteiger partial charge in [0.1, 0.15) is 0 Å². The number of hydrogen-bond donors (Lipinski definition) is 2. The standard InChI is InChI=1S/C20H21N3O3/c1-2-15-3-7-17(8-4-15)21-19(24)16-5-9-18(10-6-16)22-11-13-23(14-12-22)20(25)26/h2-10H,1,11-14H2,(H,21,24)(H,25,26). The van der Waals surface area contributed by atoms with E-state index in [9.17, 15) is 9.59 Å². The molecule has 6 nitrogen and oxygen atoms in total. The number of nitrogens with zero attached hydrogens (tertiary/aromatic N) is 2. The van der Waals surface area contributed by atoms with Crippen LogP contribution in [0.5, 0.6) is 0 Å². The van der Waals surface area contributed by atoms with Gasteiger partial charge in [-0.25, -0.2) is 4.79 Å². The van der Waals surface area contributed by atoms with Crippen LogP contribution in [0.3, 0.4) is 0 Å². The summed E-state index contributed by atoms with van der Waals surface area (Å²) in [5, 5.41) is 11.9. The Bertz CT molecular complexity index is 792. The monoisotopic (exact) mass is 351 g/mol. The molecule has 6 heteroatoms. The minimum absolute atomic E-state index is 0.168. The molecule has 0 atom stereocenters. The summed E-state index contributed by atoms with van der Waals surface area (Å²) in [6.07, 6.45) is 0.874. The maximum Gasteiger partial charge on any atom is 0.407 e. The summed E-state index contributed by atoms with van der Waals surface area (Å²) >= 11 is 0. The summed E-state index contributed by atoms with van der Waals surface area (Å²) in [6, 6.07) is 14.8. The zero-order chi connectivity index (χ0) is 18.5. The number of carbonyl (C=O) groups is 2. The van der Waals surface area contributed by atoms with Gasteiger partial charge in [0.15, 0.2) is 0 Å². The lowest BCUT2D eigenvalue weighted by Gasteiger charge is -2.34. The number of anilines is 2. The van der Waals surface area contributed by atoms with Crippen molar-refractivity contribution in [3.8, 4) is 0 Å². The molecule has 1 saturated heterocycles. The molecule has 1 aliphatic heterocycles. The van der Waals surface area contributed by atoms with Gasteiger partial charge in [-0.15, -0.1) is 0 Å². The molecule has 2 aromatic carbocycles. The average Bonchev–Trinajstić information content (AvgIpc) is 2.69. The average molecular weight is 351 g/mol. The molecular weight excluding hydrogens is 330 g/mol. The number of hydrogen-bond acceptors (Lipinski definition) is 3. The fourth-order valence-electron chi connectivity index (χ4n) is 2.89. The second-order valence-corrected chi connectivity index (χ2v) is 6.08. The van der Waals surface area contributed by atoms with Gasteiger partial charge in [0.2, 0.25) is 0 Å². The molecule has 3 rings (SSSR count). The second kappa shape index (κ2) is 7.74. The van der Waals surface area contributed by atoms with E-state index in [0.29, 0.717) is 31.7 Å². The molecule has 26 heavy (non-hydrogen) atoms. The van der Waals surface area contributed by atoms with E-state index in [1.165, 1.54) is 4.90 Å². The fraction of sp³-hybridized carbons (Fsp3) is 0.200. The van der Waals surface area contributed by atoms with E-state index in [0.717, 1.165) is 16.9 Å². The molecule has 1 fully saturated rings. The maximum atomic E-state index is 12.4. The SMILES string of the molecule is C=Cc1ccc(NC(=O)c2ccc(N3CCN(C(=O)O)CC3)cc2)cc1. The van der Waals surface area contributed by atoms with Gasteiger partial charge in [-0.1, -0.05) is 24.8 Å². The summed E-state index contributed by atoms with van der Waals surface area (Å²) in [6.45, 7) is 5.97. The molecule has 0 aliphatic carbocycles. The van der Waals surface area contributed by atoms with Crippen molar-refractivity contribution in [3.63, 3.8) is 0 Å². The highest BCUT2D eigenvalue weighted by Crippen LogP contribution is 2.18. The lowest BCUT2D eigenvalue weighted by molar-refractivity contribution is 0.102. The Hall–Kier alpha value is -3.28. The quantitative estimate of drug-likeness (QED) is 0.886. The van der Waals surface area contributed by atoms with Crippen molar-refractivity contribution in [1.82, 2.24) is 4.90 Å². The summed E-state index contributed by atoms with van der Waals surface area (Å²) in [4.78, 5) is 26.9. The Morgan fingerprint density at radius 3 is 2.12 bits per heavy atom. The predicted molar refractivity (Wildman–Crippen MR) is 103 cm³/mol. The Kier molecular flexibility index (Phi) is 5.22. The number of carboxylic acid groups (broad SMARTS) is 1. The van der Waals surface area contributed by atoms with Crippen molar-refractivity contribution in [3.05, 3.63) is 66.2 Å². The van der Waals surface area contributed by atoms with Crippen molar-refractivity contribution in [2.45, 2.75) is 0 Å². The third-order valence-corrected chi connectivity index (χ3v) is 4.45. The van der Waals surface area contributed by atoms with Crippen LogP contribution >= 0.6 is 0 Å². The van der Waals surface area contributed by atoms with Crippen LogP contribution in [0.4, 0.5) is 16.2 Å². The van der Waals surface area contributed by atoms with E-state index < -0.39 is 6.09 Å². The van der Waals surface area contributed by atoms with Gasteiger partial charge in [0.05, 0.1) is 0 Å². The maximum absolute atomic E-state index is 12.4. The van der Waals surface area contributed by atoms with Gasteiger partial charge in [-0.3, -0.25) is 4.79 Å². The molecule has 2 amide bonds. The van der Waals surface area contributed by atoms with Crippen LogP contribution in [-0.4, -0.2) is 48.2 Å². The summed E-state index contributed by atoms with van der Waals surface area (Å²) in [5.41, 5.74) is 3.29. The first-order chi connectivity index (χ1) is 12.6. The zero-order valence-corrected chi connectivity index (χ0v) is 14.4. The van der Waals surface area contributed by atoms with Crippen LogP contribution in [0.15, 0.2) is 55.1 Å². The van der Waals surface area contributed by atoms with Gasteiger partial charge < -0.3 is 20.2 Å². The largest absolute Gasteiger partial charge is 0.465 e. The minimum Gasteiger partial charge on any atom is -0.465 e. The van der Waals surface area contributed by atoms with E-state index in [1.54, 1.807) is 18.2 Å². The molecule has 0 unspecified atom stereocenters. The van der Waals surface area contributed by atoms with Crippen molar-refractivity contribution in [1.29, 1.82) is 0 Å². The molecule has 2 aromatic rings. The summed E-state index contributed by atoms with van der Waals surface area (Å²) in [7, 11) is 0. The van der Waals surface area contributed by atoms with Crippen LogP contribution < -0.4 is 10.2 Å². The highest BCUT2D eigenvalue weighted by molar-refractivity contribution is 6.04. The highest BCUT2D eigenvalue weighted by atomic mass is 16.4. The third-order valence-electron chi connectivity index (χ3n) is 4.45. The number of nitrogens with one attached hydrogen (secondary N) is 1. The zero-order valence-electron chi connectivity index (χ0n) is 14.4. The second-order valence-electron chi connectivity index (χ2n) is 6.08. The third kappa shape index (κ3) is 4.03. The fourth-order valence-corrected chi connectivity index (χ4v) is 2.89. The Balaban J connectivity index is 1.60. The molecule has 1 heterocycles. The van der Waals surface area contributed by atoms with Gasteiger partial charge in [0.25, 0.3) is 5.91 Å². The van der Waals surface area contributed by atoms with Crippen LogP contribution in [0, 0.1) is 0 Å². The van der Waals surface area contributed by atoms with Gasteiger partial charge in [-0.2, -0.15) is 0 Å². The van der Waals surface area contributed by atoms with Crippen molar-refractivity contribution in [2.24, 2.45) is 0 Å². The van der Waals surface area contributed by atoms with Crippen molar-refractivity contribution in [2.75, 3.05) is 36.4 Å². The van der Waals surface area contributed by atoms with Gasteiger partial charge >= 0.3 is 6.09 Å². The Labute approximate surface area is 152 Å². The van der Waals surface area contributed by atoms with Crippen LogP contribution in [-0.2, 0) is 0 Å². The van der Waals surface area contributed by atoms with Gasteiger partial charge in [-0.05, 0) is 42.0 Å². The Morgan fingerprint density at radius 1 is 0.962 bits per heavy atom. The van der Waals surface area contributed by atoms with Crippen molar-refractivity contribution < 1.29 is 14.7 Å².